The summed E-state index contributed by atoms with van der Waals surface area (Å²) in [6.45, 7) is 13.9. The topological polar surface area (TPSA) is 141 Å². The molecule has 1 unspecified atom stereocenters. The number of aromatic nitrogens is 5. The van der Waals surface area contributed by atoms with E-state index in [1.165, 1.54) is 0 Å². The van der Waals surface area contributed by atoms with Crippen molar-refractivity contribution in [2.75, 3.05) is 75.7 Å². The Morgan fingerprint density at radius 3 is 2.52 bits per heavy atom. The van der Waals surface area contributed by atoms with Crippen LogP contribution >= 0.6 is 11.8 Å². The first-order valence-electron chi connectivity index (χ1n) is 17.2. The highest BCUT2D eigenvalue weighted by Gasteiger charge is 2.20. The lowest BCUT2D eigenvalue weighted by molar-refractivity contribution is 0.0398. The minimum atomic E-state index is -0.559. The van der Waals surface area contributed by atoms with Crippen LogP contribution in [0.4, 0.5) is 16.6 Å². The lowest BCUT2D eigenvalue weighted by atomic mass is 10.0. The first-order chi connectivity index (χ1) is 24.2. The van der Waals surface area contributed by atoms with E-state index in [9.17, 15) is 4.79 Å². The van der Waals surface area contributed by atoms with Crippen LogP contribution in [-0.4, -0.2) is 106 Å². The summed E-state index contributed by atoms with van der Waals surface area (Å²) >= 11 is 1.75. The molecular formula is C36H53N9O4S. The van der Waals surface area contributed by atoms with E-state index in [4.69, 9.17) is 29.3 Å². The van der Waals surface area contributed by atoms with Gasteiger partial charge < -0.3 is 30.2 Å². The second kappa shape index (κ2) is 20.0. The minimum absolute atomic E-state index is 0.111. The van der Waals surface area contributed by atoms with Crippen LogP contribution in [-0.2, 0) is 20.9 Å². The summed E-state index contributed by atoms with van der Waals surface area (Å²) in [6.07, 6.45) is 6.97. The van der Waals surface area contributed by atoms with Gasteiger partial charge in [0.2, 0.25) is 5.95 Å². The maximum absolute atomic E-state index is 12.3. The van der Waals surface area contributed by atoms with Gasteiger partial charge in [0, 0.05) is 45.5 Å². The molecule has 1 aliphatic heterocycles. The number of nitrogens with one attached hydrogen (secondary N) is 3. The summed E-state index contributed by atoms with van der Waals surface area (Å²) in [4.78, 5) is 29.0. The maximum Gasteiger partial charge on any atom is 0.407 e. The molecule has 272 valence electrons. The summed E-state index contributed by atoms with van der Waals surface area (Å²) in [5, 5.41) is 15.5. The van der Waals surface area contributed by atoms with Crippen LogP contribution in [0.2, 0.25) is 0 Å². The van der Waals surface area contributed by atoms with E-state index in [0.29, 0.717) is 48.4 Å². The van der Waals surface area contributed by atoms with Gasteiger partial charge in [0.1, 0.15) is 23.8 Å². The summed E-state index contributed by atoms with van der Waals surface area (Å²) in [6, 6.07) is 15.8. The number of amides is 1. The second-order valence-electron chi connectivity index (χ2n) is 12.8. The molecule has 5 rings (SSSR count). The molecule has 0 spiro atoms. The number of rotatable bonds is 15. The van der Waals surface area contributed by atoms with E-state index in [2.05, 4.69) is 44.9 Å². The van der Waals surface area contributed by atoms with Crippen LogP contribution in [0.25, 0.3) is 22.4 Å². The number of pyridine rings is 1. The first-order valence-corrected chi connectivity index (χ1v) is 18.8. The molecule has 1 amide bonds. The molecule has 4 heterocycles. The molecule has 0 aliphatic carbocycles. The number of fused-ring (bicyclic) bond motifs is 1. The predicted molar refractivity (Wildman–Crippen MR) is 202 cm³/mol. The molecular weight excluding hydrogens is 655 g/mol. The predicted octanol–water partition coefficient (Wildman–Crippen LogP) is 6.06. The fourth-order valence-corrected chi connectivity index (χ4v) is 5.23. The quantitative estimate of drug-likeness (QED) is 0.124. The van der Waals surface area contributed by atoms with E-state index in [0.717, 1.165) is 56.8 Å². The smallest absolute Gasteiger partial charge is 0.407 e. The Kier molecular flexibility index (Phi) is 15.5. The van der Waals surface area contributed by atoms with Gasteiger partial charge >= 0.3 is 6.09 Å². The first kappa shape index (κ1) is 38.8. The maximum atomic E-state index is 12.3. The highest BCUT2D eigenvalue weighted by Crippen LogP contribution is 2.28. The van der Waals surface area contributed by atoms with Crippen LogP contribution in [0.5, 0.6) is 0 Å². The van der Waals surface area contributed by atoms with Crippen LogP contribution in [0.1, 0.15) is 52.1 Å². The normalized spacial score (nSPS) is 14.0. The van der Waals surface area contributed by atoms with Gasteiger partial charge in [-0.3, -0.25) is 4.90 Å². The number of hydrogen-bond acceptors (Lipinski definition) is 12. The van der Waals surface area contributed by atoms with Gasteiger partial charge in [0.15, 0.2) is 5.65 Å². The highest BCUT2D eigenvalue weighted by atomic mass is 32.2. The third-order valence-corrected chi connectivity index (χ3v) is 7.48. The third kappa shape index (κ3) is 12.4. The Labute approximate surface area is 300 Å². The fourth-order valence-electron chi connectivity index (χ4n) is 5.23. The molecule has 1 atom stereocenters. The minimum Gasteiger partial charge on any atom is -0.444 e. The van der Waals surface area contributed by atoms with Gasteiger partial charge in [0.05, 0.1) is 30.3 Å². The Morgan fingerprint density at radius 1 is 1.04 bits per heavy atom. The number of benzene rings is 1. The van der Waals surface area contributed by atoms with Crippen molar-refractivity contribution >= 4 is 40.7 Å². The molecule has 3 N–H and O–H groups in total. The molecule has 1 aromatic carbocycles. The molecule has 50 heavy (non-hydrogen) atoms. The van der Waals surface area contributed by atoms with Crippen molar-refractivity contribution < 1.29 is 19.0 Å². The molecule has 1 saturated heterocycles. The van der Waals surface area contributed by atoms with Crippen molar-refractivity contribution in [1.82, 2.24) is 34.9 Å². The number of hydrogen-bond donors (Lipinski definition) is 3. The molecule has 13 nitrogen and oxygen atoms in total. The molecule has 3 aromatic heterocycles. The number of anilines is 2. The van der Waals surface area contributed by atoms with Crippen LogP contribution in [0, 0.1) is 0 Å². The van der Waals surface area contributed by atoms with Crippen molar-refractivity contribution in [3.63, 3.8) is 0 Å². The van der Waals surface area contributed by atoms with Crippen LogP contribution < -0.4 is 16.0 Å². The van der Waals surface area contributed by atoms with Crippen LogP contribution in [0.3, 0.4) is 0 Å². The van der Waals surface area contributed by atoms with Gasteiger partial charge in [0.25, 0.3) is 0 Å². The van der Waals surface area contributed by atoms with E-state index in [-0.39, 0.29) is 12.8 Å². The number of nitrogens with zero attached hydrogens (tertiary/aromatic N) is 6. The molecule has 1 fully saturated rings. The summed E-state index contributed by atoms with van der Waals surface area (Å²) in [5.74, 6) is 1.23. The molecule has 0 radical (unpaired) electrons. The van der Waals surface area contributed by atoms with Gasteiger partial charge in [-0.25, -0.2) is 19.4 Å². The Bertz CT molecular complexity index is 1590. The number of carbonyl (C=O) groups is 1. The third-order valence-electron chi connectivity index (χ3n) is 7.48. The van der Waals surface area contributed by atoms with Gasteiger partial charge in [-0.05, 0) is 63.8 Å². The van der Waals surface area contributed by atoms with Crippen molar-refractivity contribution in [3.8, 4) is 11.4 Å². The van der Waals surface area contributed by atoms with E-state index < -0.39 is 11.7 Å². The zero-order valence-corrected chi connectivity index (χ0v) is 31.1. The molecule has 1 aliphatic rings. The van der Waals surface area contributed by atoms with Gasteiger partial charge in [-0.15, -0.1) is 0 Å². The zero-order valence-electron chi connectivity index (χ0n) is 30.3. The number of alkyl carbamates (subject to hydrolysis) is 1. The summed E-state index contributed by atoms with van der Waals surface area (Å²) in [7, 11) is 0. The van der Waals surface area contributed by atoms with Gasteiger partial charge in [-0.2, -0.15) is 21.8 Å². The Hall–Kier alpha value is -3.98. The number of carbonyl (C=O) groups excluding carboxylic acids is 1. The number of thioether (sulfide) groups is 1. The summed E-state index contributed by atoms with van der Waals surface area (Å²) < 4.78 is 18.5. The Balaban J connectivity index is 0.00000181. The Morgan fingerprint density at radius 2 is 1.80 bits per heavy atom. The van der Waals surface area contributed by atoms with Crippen molar-refractivity contribution in [3.05, 3.63) is 60.3 Å². The molecule has 4 aromatic rings. The van der Waals surface area contributed by atoms with Crippen LogP contribution in [0.15, 0.2) is 54.7 Å². The SMILES string of the molecule is CCCOCn1nc(-c2cccc(NC(CCNC(=O)OC(C)(C)C)c3ccccc3)n2)c2cnc(NCCN3CCOCC3)nc21.CSC. The zero-order chi connectivity index (χ0) is 35.8. The molecule has 14 heteroatoms. The fraction of sp³-hybridized carbons (Fsp3) is 0.528. The molecule has 0 bridgehead atoms. The highest BCUT2D eigenvalue weighted by molar-refractivity contribution is 7.97. The monoisotopic (exact) mass is 707 g/mol. The lowest BCUT2D eigenvalue weighted by Gasteiger charge is -2.26. The largest absolute Gasteiger partial charge is 0.444 e. The summed E-state index contributed by atoms with van der Waals surface area (Å²) in [5.41, 5.74) is 2.55. The second-order valence-corrected chi connectivity index (χ2v) is 13.7. The average molecular weight is 708 g/mol. The average Bonchev–Trinajstić information content (AvgIpc) is 3.46. The molecule has 0 saturated carbocycles. The number of morpholine rings is 1. The number of ether oxygens (including phenoxy) is 3. The van der Waals surface area contributed by atoms with E-state index >= 15 is 0 Å². The standard InChI is InChI=1S/C34H47N9O4.C2H6S/c1-5-20-46-24-43-31-26(23-37-32(40-31)35-16-17-42-18-21-45-22-19-42)30(41-43)28-12-9-13-29(39-28)38-27(25-10-7-6-8-11-25)14-15-36-33(44)47-34(2,3)4;1-3-2/h6-13,23,27H,5,14-22,24H2,1-4H3,(H,36,44)(H,38,39)(H,35,37,40);1-2H3. The van der Waals surface area contributed by atoms with E-state index in [1.54, 1.807) is 22.6 Å². The lowest BCUT2D eigenvalue weighted by Crippen LogP contribution is -2.39. The van der Waals surface area contributed by atoms with E-state index in [1.807, 2.05) is 69.7 Å². The van der Waals surface area contributed by atoms with Crippen molar-refractivity contribution in [2.45, 2.75) is 58.9 Å². The van der Waals surface area contributed by atoms with Gasteiger partial charge in [-0.1, -0.05) is 43.3 Å². The van der Waals surface area contributed by atoms with Crippen molar-refractivity contribution in [1.29, 1.82) is 0 Å². The van der Waals surface area contributed by atoms with Crippen molar-refractivity contribution in [2.24, 2.45) is 0 Å².